The van der Waals surface area contributed by atoms with E-state index >= 15 is 0 Å². The van der Waals surface area contributed by atoms with Crippen LogP contribution in [0.4, 0.5) is 0 Å². The van der Waals surface area contributed by atoms with Gasteiger partial charge in [-0.25, -0.2) is 13.1 Å². The highest BCUT2D eigenvalue weighted by atomic mass is 32.2. The zero-order valence-electron chi connectivity index (χ0n) is 14.2. The Morgan fingerprint density at radius 3 is 2.27 bits per heavy atom. The van der Waals surface area contributed by atoms with Gasteiger partial charge < -0.3 is 9.64 Å². The minimum absolute atomic E-state index is 0.0897. The summed E-state index contributed by atoms with van der Waals surface area (Å²) in [6.45, 7) is 2.20. The smallest absolute Gasteiger partial charge is 0.240 e. The molecule has 0 radical (unpaired) electrons. The van der Waals surface area contributed by atoms with Gasteiger partial charge in [0, 0.05) is 25.3 Å². The molecule has 2 atom stereocenters. The third kappa shape index (κ3) is 4.38. The first-order valence-electron chi connectivity index (χ1n) is 8.14. The number of likely N-dealkylation sites (tertiary alicyclic amines) is 1. The number of carbonyl (C=O) groups excluding carboxylic acids is 1. The average Bonchev–Trinajstić information content (AvgIpc) is 2.97. The molecule has 1 N–H and O–H groups in total. The van der Waals surface area contributed by atoms with Crippen LogP contribution in [0.15, 0.2) is 59.5 Å². The third-order valence-corrected chi connectivity index (χ3v) is 6.18. The number of rotatable bonds is 5. The van der Waals surface area contributed by atoms with E-state index in [1.807, 2.05) is 30.3 Å². The predicted molar refractivity (Wildman–Crippen MR) is 102 cm³/mol. The van der Waals surface area contributed by atoms with Crippen molar-refractivity contribution in [3.63, 3.8) is 0 Å². The van der Waals surface area contributed by atoms with Gasteiger partial charge in [0.25, 0.3) is 0 Å². The number of ether oxygens (including phenoxy) is 1. The fraction of sp³-hybridized carbons (Fsp3) is 0.278. The van der Waals surface area contributed by atoms with E-state index in [0.717, 1.165) is 0 Å². The van der Waals surface area contributed by atoms with Gasteiger partial charge in [-0.2, -0.15) is 12.6 Å². The number of carbonyl (C=O) groups is 1. The van der Waals surface area contributed by atoms with Crippen molar-refractivity contribution in [1.82, 2.24) is 9.62 Å². The summed E-state index contributed by atoms with van der Waals surface area (Å²) >= 11 is 4.40. The Bertz CT molecular complexity index is 870. The van der Waals surface area contributed by atoms with Gasteiger partial charge in [-0.3, -0.25) is 4.79 Å². The van der Waals surface area contributed by atoms with Crippen molar-refractivity contribution in [3.05, 3.63) is 54.6 Å². The Morgan fingerprint density at radius 2 is 1.69 bits per heavy atom. The van der Waals surface area contributed by atoms with E-state index in [1.54, 1.807) is 17.0 Å². The summed E-state index contributed by atoms with van der Waals surface area (Å²) in [6.07, 6.45) is 0. The summed E-state index contributed by atoms with van der Waals surface area (Å²) in [6, 6.07) is 15.0. The van der Waals surface area contributed by atoms with Crippen molar-refractivity contribution < 1.29 is 17.9 Å². The molecule has 0 spiro atoms. The van der Waals surface area contributed by atoms with Crippen molar-refractivity contribution in [1.29, 1.82) is 0 Å². The number of nitrogens with zero attached hydrogens (tertiary/aromatic N) is 1. The highest BCUT2D eigenvalue weighted by Gasteiger charge is 2.34. The topological polar surface area (TPSA) is 75.7 Å². The van der Waals surface area contributed by atoms with Crippen LogP contribution >= 0.6 is 12.6 Å². The minimum Gasteiger partial charge on any atom is -0.457 e. The first kappa shape index (κ1) is 18.8. The van der Waals surface area contributed by atoms with Crippen LogP contribution in [0, 0.1) is 0 Å². The van der Waals surface area contributed by atoms with E-state index in [-0.39, 0.29) is 16.1 Å². The van der Waals surface area contributed by atoms with Crippen LogP contribution < -0.4 is 9.46 Å². The molecular weight excluding hydrogens is 372 g/mol. The first-order valence-corrected chi connectivity index (χ1v) is 10.1. The third-order valence-electron chi connectivity index (χ3n) is 4.15. The van der Waals surface area contributed by atoms with E-state index in [4.69, 9.17) is 4.74 Å². The summed E-state index contributed by atoms with van der Waals surface area (Å²) < 4.78 is 33.5. The summed E-state index contributed by atoms with van der Waals surface area (Å²) in [7, 11) is -3.71. The number of hydrogen-bond donors (Lipinski definition) is 2. The van der Waals surface area contributed by atoms with Gasteiger partial charge in [0.15, 0.2) is 0 Å². The number of amides is 1. The van der Waals surface area contributed by atoms with Gasteiger partial charge in [-0.15, -0.1) is 0 Å². The minimum atomic E-state index is -3.71. The largest absolute Gasteiger partial charge is 0.457 e. The lowest BCUT2D eigenvalue weighted by Gasteiger charge is -2.16. The number of hydrogen-bond acceptors (Lipinski definition) is 5. The Hall–Kier alpha value is -2.03. The first-order chi connectivity index (χ1) is 12.3. The maximum atomic E-state index is 12.6. The van der Waals surface area contributed by atoms with Gasteiger partial charge in [0.2, 0.25) is 15.9 Å². The Labute approximate surface area is 158 Å². The van der Waals surface area contributed by atoms with Crippen molar-refractivity contribution in [2.24, 2.45) is 0 Å². The van der Waals surface area contributed by atoms with Crippen LogP contribution in [-0.4, -0.2) is 43.6 Å². The summed E-state index contributed by atoms with van der Waals surface area (Å²) in [5, 5.41) is -0.241. The van der Waals surface area contributed by atoms with E-state index in [0.29, 0.717) is 24.6 Å². The van der Waals surface area contributed by atoms with Gasteiger partial charge in [-0.1, -0.05) is 18.2 Å². The van der Waals surface area contributed by atoms with Crippen LogP contribution in [-0.2, 0) is 14.8 Å². The second kappa shape index (κ2) is 7.69. The van der Waals surface area contributed by atoms with E-state index in [9.17, 15) is 13.2 Å². The molecule has 1 saturated heterocycles. The molecule has 8 heteroatoms. The van der Waals surface area contributed by atoms with Gasteiger partial charge in [0.1, 0.15) is 11.5 Å². The molecule has 0 unspecified atom stereocenters. The number of thiol groups is 1. The molecule has 0 bridgehead atoms. The lowest BCUT2D eigenvalue weighted by molar-refractivity contribution is -0.127. The SMILES string of the molecule is CC(=O)N1C[C@H](NS(=O)(=O)c2ccc(Oc3ccccc3)cc2)[C@@H](S)C1. The van der Waals surface area contributed by atoms with Crippen molar-refractivity contribution in [2.45, 2.75) is 23.1 Å². The lowest BCUT2D eigenvalue weighted by Crippen LogP contribution is -2.41. The highest BCUT2D eigenvalue weighted by molar-refractivity contribution is 7.89. The second-order valence-electron chi connectivity index (χ2n) is 6.11. The zero-order valence-corrected chi connectivity index (χ0v) is 15.9. The van der Waals surface area contributed by atoms with E-state index in [2.05, 4.69) is 17.4 Å². The fourth-order valence-electron chi connectivity index (χ4n) is 2.74. The molecule has 1 aliphatic heterocycles. The molecule has 6 nitrogen and oxygen atoms in total. The molecule has 0 saturated carbocycles. The molecule has 2 aromatic rings. The molecule has 1 aliphatic rings. The maximum absolute atomic E-state index is 12.6. The van der Waals surface area contributed by atoms with E-state index < -0.39 is 16.1 Å². The number of nitrogens with one attached hydrogen (secondary N) is 1. The van der Waals surface area contributed by atoms with Crippen LogP contribution in [0.3, 0.4) is 0 Å². The quantitative estimate of drug-likeness (QED) is 0.766. The molecule has 0 aromatic heterocycles. The predicted octanol–water partition coefficient (Wildman–Crippen LogP) is 2.29. The molecule has 1 amide bonds. The summed E-state index contributed by atoms with van der Waals surface area (Å²) in [5.41, 5.74) is 0. The lowest BCUT2D eigenvalue weighted by atomic mass is 10.3. The molecular formula is C18H20N2O4S2. The average molecular weight is 393 g/mol. The Balaban J connectivity index is 1.69. The number of benzene rings is 2. The van der Waals surface area contributed by atoms with Gasteiger partial charge in [0.05, 0.1) is 10.9 Å². The molecule has 1 fully saturated rings. The molecule has 0 aliphatic carbocycles. The monoisotopic (exact) mass is 392 g/mol. The van der Waals surface area contributed by atoms with Crippen LogP contribution in [0.5, 0.6) is 11.5 Å². The summed E-state index contributed by atoms with van der Waals surface area (Å²) in [4.78, 5) is 13.2. The van der Waals surface area contributed by atoms with Crippen LogP contribution in [0.25, 0.3) is 0 Å². The highest BCUT2D eigenvalue weighted by Crippen LogP contribution is 2.23. The molecule has 26 heavy (non-hydrogen) atoms. The Morgan fingerprint density at radius 1 is 1.08 bits per heavy atom. The standard InChI is InChI=1S/C18H20N2O4S2/c1-13(21)20-11-17(18(25)12-20)19-26(22,23)16-9-7-15(8-10-16)24-14-5-3-2-4-6-14/h2-10,17-19,25H,11-12H2,1H3/t17-,18-/m0/s1. The molecule has 2 aromatic carbocycles. The van der Waals surface area contributed by atoms with Gasteiger partial charge in [-0.05, 0) is 36.4 Å². The van der Waals surface area contributed by atoms with Crippen molar-refractivity contribution in [2.75, 3.05) is 13.1 Å². The van der Waals surface area contributed by atoms with Crippen molar-refractivity contribution in [3.8, 4) is 11.5 Å². The van der Waals surface area contributed by atoms with Crippen LogP contribution in [0.1, 0.15) is 6.92 Å². The van der Waals surface area contributed by atoms with E-state index in [1.165, 1.54) is 19.1 Å². The van der Waals surface area contributed by atoms with Crippen LogP contribution in [0.2, 0.25) is 0 Å². The normalized spacial score (nSPS) is 20.2. The molecule has 3 rings (SSSR count). The van der Waals surface area contributed by atoms with Gasteiger partial charge >= 0.3 is 0 Å². The molecule has 138 valence electrons. The van der Waals surface area contributed by atoms with Crippen molar-refractivity contribution >= 4 is 28.6 Å². The second-order valence-corrected chi connectivity index (χ2v) is 8.48. The maximum Gasteiger partial charge on any atom is 0.240 e. The fourth-order valence-corrected chi connectivity index (χ4v) is 4.47. The summed E-state index contributed by atoms with van der Waals surface area (Å²) in [5.74, 6) is 1.13. The zero-order chi connectivity index (χ0) is 18.7. The number of sulfonamides is 1. The molecule has 1 heterocycles. The number of para-hydroxylation sites is 1. The Kier molecular flexibility index (Phi) is 5.55.